The number of carbonyl (C=O) groups is 1. The van der Waals surface area contributed by atoms with E-state index >= 15 is 0 Å². The lowest BCUT2D eigenvalue weighted by Gasteiger charge is -2.06. The van der Waals surface area contributed by atoms with E-state index in [1.165, 1.54) is 0 Å². The van der Waals surface area contributed by atoms with Crippen LogP contribution in [0.4, 0.5) is 0 Å². The van der Waals surface area contributed by atoms with Crippen LogP contribution in [0, 0.1) is 0 Å². The van der Waals surface area contributed by atoms with Gasteiger partial charge in [-0.25, -0.2) is 0 Å². The number of hydrogen-bond donors (Lipinski definition) is 0. The molecule has 0 aliphatic carbocycles. The first-order valence-electron chi connectivity index (χ1n) is 3.76. The van der Waals surface area contributed by atoms with E-state index in [1.54, 1.807) is 12.1 Å². The van der Waals surface area contributed by atoms with Crippen LogP contribution in [0.2, 0.25) is 0 Å². The standard InChI is InChI=1S/C9H8Br2O2/c1-2-13-6-3-8(10)7(5-12)9(11)4-6/h3-5H,2H2,1H3. The van der Waals surface area contributed by atoms with Crippen molar-refractivity contribution in [2.45, 2.75) is 6.92 Å². The number of hydrogen-bond acceptors (Lipinski definition) is 2. The van der Waals surface area contributed by atoms with Crippen LogP contribution < -0.4 is 4.74 Å². The van der Waals surface area contributed by atoms with Crippen LogP contribution in [0.1, 0.15) is 17.3 Å². The van der Waals surface area contributed by atoms with E-state index in [9.17, 15) is 4.79 Å². The van der Waals surface area contributed by atoms with Gasteiger partial charge in [-0.1, -0.05) is 0 Å². The van der Waals surface area contributed by atoms with Gasteiger partial charge in [0.15, 0.2) is 6.29 Å². The molecule has 13 heavy (non-hydrogen) atoms. The van der Waals surface area contributed by atoms with E-state index in [1.807, 2.05) is 6.92 Å². The Balaban J connectivity index is 3.12. The van der Waals surface area contributed by atoms with Crippen LogP contribution in [0.5, 0.6) is 5.75 Å². The second-order valence-corrected chi connectivity index (χ2v) is 4.06. The molecule has 0 saturated heterocycles. The van der Waals surface area contributed by atoms with Gasteiger partial charge in [-0.3, -0.25) is 4.79 Å². The molecule has 1 aromatic rings. The van der Waals surface area contributed by atoms with Crippen molar-refractivity contribution in [3.8, 4) is 5.75 Å². The minimum Gasteiger partial charge on any atom is -0.494 e. The number of halogens is 2. The van der Waals surface area contributed by atoms with E-state index in [0.717, 1.165) is 21.0 Å². The van der Waals surface area contributed by atoms with Crippen LogP contribution in [-0.2, 0) is 0 Å². The average molecular weight is 308 g/mol. The highest BCUT2D eigenvalue weighted by atomic mass is 79.9. The summed E-state index contributed by atoms with van der Waals surface area (Å²) in [5.41, 5.74) is 0.600. The number of carbonyl (C=O) groups excluding carboxylic acids is 1. The molecule has 0 saturated carbocycles. The Hall–Kier alpha value is -0.350. The zero-order valence-electron chi connectivity index (χ0n) is 7.01. The maximum Gasteiger partial charge on any atom is 0.152 e. The lowest BCUT2D eigenvalue weighted by atomic mass is 10.2. The van der Waals surface area contributed by atoms with Crippen molar-refractivity contribution in [3.63, 3.8) is 0 Å². The lowest BCUT2D eigenvalue weighted by molar-refractivity contribution is 0.112. The van der Waals surface area contributed by atoms with Crippen molar-refractivity contribution in [3.05, 3.63) is 26.6 Å². The first-order valence-corrected chi connectivity index (χ1v) is 5.34. The van der Waals surface area contributed by atoms with Gasteiger partial charge in [0.05, 0.1) is 6.61 Å². The van der Waals surface area contributed by atoms with Crippen molar-refractivity contribution in [2.75, 3.05) is 6.61 Å². The highest BCUT2D eigenvalue weighted by Gasteiger charge is 2.06. The summed E-state index contributed by atoms with van der Waals surface area (Å²) in [5, 5.41) is 0. The molecule has 0 aliphatic rings. The molecule has 0 N–H and O–H groups in total. The summed E-state index contributed by atoms with van der Waals surface area (Å²) in [5.74, 6) is 0.742. The van der Waals surface area contributed by atoms with Gasteiger partial charge in [-0.05, 0) is 50.9 Å². The Labute approximate surface area is 93.5 Å². The molecule has 0 radical (unpaired) electrons. The molecule has 0 heterocycles. The van der Waals surface area contributed by atoms with E-state index < -0.39 is 0 Å². The molecule has 0 unspecified atom stereocenters. The summed E-state index contributed by atoms with van der Waals surface area (Å²) in [4.78, 5) is 10.6. The van der Waals surface area contributed by atoms with Gasteiger partial charge in [0.2, 0.25) is 0 Å². The minimum absolute atomic E-state index is 0.600. The third-order valence-corrected chi connectivity index (χ3v) is 2.79. The van der Waals surface area contributed by atoms with Crippen molar-refractivity contribution < 1.29 is 9.53 Å². The molecular formula is C9H8Br2O2. The van der Waals surface area contributed by atoms with Crippen molar-refractivity contribution >= 4 is 38.1 Å². The first-order chi connectivity index (χ1) is 6.19. The SMILES string of the molecule is CCOc1cc(Br)c(C=O)c(Br)c1. The zero-order valence-corrected chi connectivity index (χ0v) is 10.2. The van der Waals surface area contributed by atoms with Gasteiger partial charge < -0.3 is 4.74 Å². The maximum atomic E-state index is 10.6. The predicted octanol–water partition coefficient (Wildman–Crippen LogP) is 3.42. The Morgan fingerprint density at radius 1 is 1.38 bits per heavy atom. The highest BCUT2D eigenvalue weighted by molar-refractivity contribution is 9.11. The van der Waals surface area contributed by atoms with E-state index in [0.29, 0.717) is 12.2 Å². The van der Waals surface area contributed by atoms with Crippen molar-refractivity contribution in [2.24, 2.45) is 0 Å². The van der Waals surface area contributed by atoms with E-state index in [2.05, 4.69) is 31.9 Å². The van der Waals surface area contributed by atoms with Gasteiger partial charge in [-0.15, -0.1) is 0 Å². The molecule has 0 amide bonds. The third kappa shape index (κ3) is 2.54. The first kappa shape index (κ1) is 10.7. The summed E-state index contributed by atoms with van der Waals surface area (Å²) in [6.45, 7) is 2.52. The Morgan fingerprint density at radius 2 is 1.92 bits per heavy atom. The summed E-state index contributed by atoms with van der Waals surface area (Å²) < 4.78 is 6.76. The van der Waals surface area contributed by atoms with Crippen LogP contribution in [0.15, 0.2) is 21.1 Å². The zero-order chi connectivity index (χ0) is 9.84. The van der Waals surface area contributed by atoms with Gasteiger partial charge in [0.1, 0.15) is 5.75 Å². The van der Waals surface area contributed by atoms with Gasteiger partial charge in [0.25, 0.3) is 0 Å². The summed E-state index contributed by atoms with van der Waals surface area (Å²) in [6.07, 6.45) is 0.796. The minimum atomic E-state index is 0.600. The monoisotopic (exact) mass is 306 g/mol. The molecule has 1 rings (SSSR count). The fourth-order valence-electron chi connectivity index (χ4n) is 0.924. The lowest BCUT2D eigenvalue weighted by Crippen LogP contribution is -1.93. The highest BCUT2D eigenvalue weighted by Crippen LogP contribution is 2.29. The predicted molar refractivity (Wildman–Crippen MR) is 58.4 cm³/mol. The summed E-state index contributed by atoms with van der Waals surface area (Å²) in [6, 6.07) is 3.55. The van der Waals surface area contributed by atoms with E-state index in [4.69, 9.17) is 4.74 Å². The van der Waals surface area contributed by atoms with Crippen LogP contribution >= 0.6 is 31.9 Å². The largest absolute Gasteiger partial charge is 0.494 e. The Bertz CT molecular complexity index is 300. The third-order valence-electron chi connectivity index (χ3n) is 1.48. The smallest absolute Gasteiger partial charge is 0.152 e. The second-order valence-electron chi connectivity index (χ2n) is 2.35. The molecule has 0 aromatic heterocycles. The van der Waals surface area contributed by atoms with Gasteiger partial charge >= 0.3 is 0 Å². The number of aldehydes is 1. The van der Waals surface area contributed by atoms with Crippen molar-refractivity contribution in [1.82, 2.24) is 0 Å². The van der Waals surface area contributed by atoms with E-state index in [-0.39, 0.29) is 0 Å². The van der Waals surface area contributed by atoms with Crippen LogP contribution in [-0.4, -0.2) is 12.9 Å². The average Bonchev–Trinajstić information content (AvgIpc) is 2.04. The molecule has 0 atom stereocenters. The Morgan fingerprint density at radius 3 is 2.31 bits per heavy atom. The molecule has 4 heteroatoms. The maximum absolute atomic E-state index is 10.6. The van der Waals surface area contributed by atoms with Gasteiger partial charge in [0, 0.05) is 14.5 Å². The number of rotatable bonds is 3. The molecule has 1 aromatic carbocycles. The quantitative estimate of drug-likeness (QED) is 0.800. The normalized spacial score (nSPS) is 9.77. The molecule has 0 fully saturated rings. The molecule has 0 aliphatic heterocycles. The van der Waals surface area contributed by atoms with Crippen LogP contribution in [0.3, 0.4) is 0 Å². The summed E-state index contributed by atoms with van der Waals surface area (Å²) >= 11 is 6.57. The number of benzene rings is 1. The second kappa shape index (κ2) is 4.77. The summed E-state index contributed by atoms with van der Waals surface area (Å²) in [7, 11) is 0. The molecule has 70 valence electrons. The topological polar surface area (TPSA) is 26.3 Å². The Kier molecular flexibility index (Phi) is 3.93. The van der Waals surface area contributed by atoms with Gasteiger partial charge in [-0.2, -0.15) is 0 Å². The van der Waals surface area contributed by atoms with Crippen LogP contribution in [0.25, 0.3) is 0 Å². The molecule has 0 spiro atoms. The molecule has 2 nitrogen and oxygen atoms in total. The molecular weight excluding hydrogens is 300 g/mol. The molecule has 0 bridgehead atoms. The number of ether oxygens (including phenoxy) is 1. The van der Waals surface area contributed by atoms with Crippen molar-refractivity contribution in [1.29, 1.82) is 0 Å². The fraction of sp³-hybridized carbons (Fsp3) is 0.222. The fourth-order valence-corrected chi connectivity index (χ4v) is 2.25.